The summed E-state index contributed by atoms with van der Waals surface area (Å²) in [4.78, 5) is -1.24. The number of halogens is 6. The van der Waals surface area contributed by atoms with Crippen molar-refractivity contribution in [1.29, 1.82) is 0 Å². The van der Waals surface area contributed by atoms with Crippen LogP contribution in [0.5, 0.6) is 11.5 Å². The van der Waals surface area contributed by atoms with Gasteiger partial charge in [0.25, 0.3) is 20.0 Å². The van der Waals surface area contributed by atoms with Gasteiger partial charge in [0, 0.05) is 0 Å². The molecule has 0 aliphatic rings. The largest absolute Gasteiger partial charge is 0.573 e. The molecule has 2 N–H and O–H groups in total. The van der Waals surface area contributed by atoms with Crippen LogP contribution in [0.25, 0.3) is 11.1 Å². The number of ether oxygens (including phenoxy) is 2. The zero-order valence-electron chi connectivity index (χ0n) is 21.7. The molecule has 0 spiro atoms. The predicted octanol–water partition coefficient (Wildman–Crippen LogP) is 6.88. The molecule has 0 heterocycles. The van der Waals surface area contributed by atoms with E-state index in [1.807, 2.05) is 0 Å². The number of nitrogens with one attached hydrogen (secondary N) is 2. The highest BCUT2D eigenvalue weighted by atomic mass is 32.2. The van der Waals surface area contributed by atoms with Gasteiger partial charge in [-0.2, -0.15) is 13.2 Å². The maximum Gasteiger partial charge on any atom is 0.573 e. The van der Waals surface area contributed by atoms with E-state index in [1.165, 1.54) is 25.3 Å². The summed E-state index contributed by atoms with van der Waals surface area (Å²) in [5.41, 5.74) is -0.947. The zero-order chi connectivity index (χ0) is 31.6. The van der Waals surface area contributed by atoms with Gasteiger partial charge in [-0.15, -0.1) is 13.2 Å². The van der Waals surface area contributed by atoms with Gasteiger partial charge in [-0.05, 0) is 77.9 Å². The first-order chi connectivity index (χ1) is 20.0. The van der Waals surface area contributed by atoms with Crippen molar-refractivity contribution in [3.05, 3.63) is 96.6 Å². The van der Waals surface area contributed by atoms with E-state index < -0.39 is 53.7 Å². The second kappa shape index (κ2) is 11.7. The lowest BCUT2D eigenvalue weighted by atomic mass is 10.0. The molecule has 0 bridgehead atoms. The summed E-state index contributed by atoms with van der Waals surface area (Å²) >= 11 is 0. The SMILES string of the molecule is COc1ccc(-c2ccc(NS(=O)(=O)c3cccc(C(F)(F)F)c3)c(NS(=O)(=O)c3ccc(OC(F)(F)F)cc3)c2)cc1. The van der Waals surface area contributed by atoms with Crippen LogP contribution in [-0.4, -0.2) is 30.3 Å². The Bertz CT molecular complexity index is 1830. The van der Waals surface area contributed by atoms with Crippen LogP contribution in [0.3, 0.4) is 0 Å². The fourth-order valence-electron chi connectivity index (χ4n) is 3.75. The normalized spacial score (nSPS) is 12.4. The van der Waals surface area contributed by atoms with Crippen molar-refractivity contribution in [3.63, 3.8) is 0 Å². The Balaban J connectivity index is 1.74. The molecule has 0 fully saturated rings. The number of sulfonamides is 2. The van der Waals surface area contributed by atoms with Crippen LogP contribution in [0.1, 0.15) is 5.56 Å². The Kier molecular flexibility index (Phi) is 8.56. The van der Waals surface area contributed by atoms with E-state index >= 15 is 0 Å². The van der Waals surface area contributed by atoms with E-state index in [1.54, 1.807) is 24.3 Å². The lowest BCUT2D eigenvalue weighted by molar-refractivity contribution is -0.274. The first kappa shape index (κ1) is 31.5. The van der Waals surface area contributed by atoms with Gasteiger partial charge in [-0.3, -0.25) is 9.44 Å². The maximum atomic E-state index is 13.2. The number of anilines is 2. The van der Waals surface area contributed by atoms with Crippen molar-refractivity contribution in [2.75, 3.05) is 16.6 Å². The Morgan fingerprint density at radius 2 is 1.16 bits per heavy atom. The van der Waals surface area contributed by atoms with Crippen LogP contribution in [0, 0.1) is 0 Å². The van der Waals surface area contributed by atoms with E-state index in [0.29, 0.717) is 29.0 Å². The zero-order valence-corrected chi connectivity index (χ0v) is 23.3. The van der Waals surface area contributed by atoms with Crippen molar-refractivity contribution in [1.82, 2.24) is 0 Å². The average molecular weight is 647 g/mol. The number of hydrogen-bond donors (Lipinski definition) is 2. The first-order valence-corrected chi connectivity index (χ1v) is 14.8. The summed E-state index contributed by atoms with van der Waals surface area (Å²) in [7, 11) is -7.76. The van der Waals surface area contributed by atoms with Gasteiger partial charge >= 0.3 is 12.5 Å². The summed E-state index contributed by atoms with van der Waals surface area (Å²) < 4.78 is 143. The maximum absolute atomic E-state index is 13.2. The molecule has 4 rings (SSSR count). The monoisotopic (exact) mass is 646 g/mol. The minimum absolute atomic E-state index is 0.334. The smallest absolute Gasteiger partial charge is 0.497 e. The van der Waals surface area contributed by atoms with Crippen LogP contribution in [-0.2, 0) is 26.2 Å². The van der Waals surface area contributed by atoms with Crippen LogP contribution in [0.2, 0.25) is 0 Å². The number of alkyl halides is 6. The first-order valence-electron chi connectivity index (χ1n) is 11.8. The molecule has 0 saturated heterocycles. The van der Waals surface area contributed by atoms with Gasteiger partial charge in [-0.25, -0.2) is 16.8 Å². The third-order valence-corrected chi connectivity index (χ3v) is 8.52. The molecule has 4 aromatic carbocycles. The van der Waals surface area contributed by atoms with Crippen molar-refractivity contribution in [3.8, 4) is 22.6 Å². The Morgan fingerprint density at radius 3 is 1.74 bits per heavy atom. The molecule has 16 heteroatoms. The van der Waals surface area contributed by atoms with E-state index in [-0.39, 0.29) is 11.4 Å². The van der Waals surface area contributed by atoms with E-state index in [0.717, 1.165) is 36.4 Å². The lowest BCUT2D eigenvalue weighted by Gasteiger charge is -2.17. The quantitative estimate of drug-likeness (QED) is 0.192. The molecule has 0 aromatic heterocycles. The topological polar surface area (TPSA) is 111 Å². The molecule has 43 heavy (non-hydrogen) atoms. The molecule has 8 nitrogen and oxygen atoms in total. The molecule has 0 aliphatic heterocycles. The number of benzene rings is 4. The molecule has 4 aromatic rings. The highest BCUT2D eigenvalue weighted by molar-refractivity contribution is 7.93. The third-order valence-electron chi connectivity index (χ3n) is 5.77. The van der Waals surface area contributed by atoms with Gasteiger partial charge in [0.1, 0.15) is 11.5 Å². The summed E-state index contributed by atoms with van der Waals surface area (Å²) in [5.74, 6) is -0.157. The van der Waals surface area contributed by atoms with Crippen LogP contribution in [0.4, 0.5) is 37.7 Å². The van der Waals surface area contributed by atoms with Gasteiger partial charge in [0.2, 0.25) is 0 Å². The fourth-order valence-corrected chi connectivity index (χ4v) is 5.94. The number of hydrogen-bond acceptors (Lipinski definition) is 6. The van der Waals surface area contributed by atoms with E-state index in [4.69, 9.17) is 4.74 Å². The second-order valence-corrected chi connectivity index (χ2v) is 12.1. The fraction of sp³-hybridized carbons (Fsp3) is 0.111. The van der Waals surface area contributed by atoms with Gasteiger partial charge in [-0.1, -0.05) is 24.3 Å². The second-order valence-electron chi connectivity index (χ2n) is 8.74. The highest BCUT2D eigenvalue weighted by Crippen LogP contribution is 2.35. The number of methoxy groups -OCH3 is 1. The van der Waals surface area contributed by atoms with Crippen molar-refractivity contribution < 1.29 is 52.7 Å². The Morgan fingerprint density at radius 1 is 0.605 bits per heavy atom. The van der Waals surface area contributed by atoms with E-state index in [9.17, 15) is 43.2 Å². The molecule has 0 amide bonds. The van der Waals surface area contributed by atoms with Gasteiger partial charge in [0.05, 0.1) is 33.8 Å². The summed E-state index contributed by atoms with van der Waals surface area (Å²) in [6, 6.07) is 16.6. The van der Waals surface area contributed by atoms with Crippen molar-refractivity contribution in [2.45, 2.75) is 22.3 Å². The van der Waals surface area contributed by atoms with Crippen LogP contribution in [0.15, 0.2) is 101 Å². The lowest BCUT2D eigenvalue weighted by Crippen LogP contribution is -2.19. The molecule has 0 atom stereocenters. The third kappa shape index (κ3) is 7.90. The average Bonchev–Trinajstić information content (AvgIpc) is 2.93. The predicted molar refractivity (Wildman–Crippen MR) is 145 cm³/mol. The molecule has 0 unspecified atom stereocenters. The molecule has 228 valence electrons. The van der Waals surface area contributed by atoms with Crippen LogP contribution < -0.4 is 18.9 Å². The van der Waals surface area contributed by atoms with Crippen molar-refractivity contribution >= 4 is 31.4 Å². The van der Waals surface area contributed by atoms with Gasteiger partial charge < -0.3 is 9.47 Å². The van der Waals surface area contributed by atoms with Gasteiger partial charge in [0.15, 0.2) is 0 Å². The summed E-state index contributed by atoms with van der Waals surface area (Å²) in [6.45, 7) is 0. The minimum atomic E-state index is -5.01. The molecule has 0 radical (unpaired) electrons. The van der Waals surface area contributed by atoms with Crippen LogP contribution >= 0.6 is 0 Å². The Labute approximate surface area is 242 Å². The molecule has 0 saturated carbocycles. The summed E-state index contributed by atoms with van der Waals surface area (Å²) in [6.07, 6.45) is -9.83. The number of rotatable bonds is 9. The molecule has 0 aliphatic carbocycles. The Hall–Kier alpha value is -4.44. The molecular formula is C27H20F6N2O6S2. The van der Waals surface area contributed by atoms with E-state index in [2.05, 4.69) is 14.2 Å². The standard InChI is InChI=1S/C27H20F6N2O6S2/c1-40-20-8-5-17(6-9-20)18-7-14-24(34-43(38,39)23-4-2-3-19(16-23)26(28,29)30)25(15-18)35-42(36,37)22-12-10-21(11-13-22)41-27(31,32)33/h2-16,34-35H,1H3. The molecular weight excluding hydrogens is 626 g/mol. The van der Waals surface area contributed by atoms with Crippen molar-refractivity contribution in [2.24, 2.45) is 0 Å². The minimum Gasteiger partial charge on any atom is -0.497 e. The summed E-state index contributed by atoms with van der Waals surface area (Å²) in [5, 5.41) is 0. The highest BCUT2D eigenvalue weighted by Gasteiger charge is 2.32.